The van der Waals surface area contributed by atoms with Crippen LogP contribution in [0.1, 0.15) is 181 Å². The van der Waals surface area contributed by atoms with Gasteiger partial charge in [0, 0.05) is 19.3 Å². The maximum absolute atomic E-state index is 12.5. The third kappa shape index (κ3) is 35.2. The molecule has 0 aromatic heterocycles. The summed E-state index contributed by atoms with van der Waals surface area (Å²) in [5.74, 6) is -0.185. The van der Waals surface area contributed by atoms with Crippen molar-refractivity contribution in [2.45, 2.75) is 187 Å². The van der Waals surface area contributed by atoms with Crippen molar-refractivity contribution in [1.82, 2.24) is 4.90 Å². The van der Waals surface area contributed by atoms with Gasteiger partial charge in [-0.15, -0.1) is 0 Å². The summed E-state index contributed by atoms with van der Waals surface area (Å²) in [5, 5.41) is 0. The SMILES string of the molecule is CCOC(=O)CCCC/C=C/CCCCCCCCC(CCCCCCCC/C=C/CCCCC(=O)OCC)OC(=O)CCCN(C)C. The van der Waals surface area contributed by atoms with Gasteiger partial charge in [-0.1, -0.05) is 75.7 Å². The Bertz CT molecular complexity index is 757. The molecule has 0 saturated carbocycles. The highest BCUT2D eigenvalue weighted by atomic mass is 16.5. The Hall–Kier alpha value is -2.15. The normalized spacial score (nSPS) is 11.7. The Balaban J connectivity index is 4.00. The third-order valence-corrected chi connectivity index (χ3v) is 8.53. The summed E-state index contributed by atoms with van der Waals surface area (Å²) in [5.41, 5.74) is 0. The summed E-state index contributed by atoms with van der Waals surface area (Å²) in [4.78, 5) is 37.3. The van der Waals surface area contributed by atoms with E-state index in [4.69, 9.17) is 14.2 Å². The van der Waals surface area contributed by atoms with Crippen molar-refractivity contribution >= 4 is 17.9 Å². The molecule has 0 aliphatic carbocycles. The molecule has 0 radical (unpaired) electrons. The van der Waals surface area contributed by atoms with Crippen molar-refractivity contribution < 1.29 is 28.6 Å². The molecule has 0 amide bonds. The predicted octanol–water partition coefficient (Wildman–Crippen LogP) is 10.8. The maximum atomic E-state index is 12.5. The maximum Gasteiger partial charge on any atom is 0.306 e. The number of carbonyl (C=O) groups is 3. The number of hydrogen-bond donors (Lipinski definition) is 0. The highest BCUT2D eigenvalue weighted by Gasteiger charge is 2.14. The van der Waals surface area contributed by atoms with Crippen LogP contribution in [0.25, 0.3) is 0 Å². The van der Waals surface area contributed by atoms with E-state index in [1.54, 1.807) is 0 Å². The summed E-state index contributed by atoms with van der Waals surface area (Å²) in [6.07, 6.45) is 36.7. The molecule has 0 aromatic carbocycles. The fraction of sp³-hybridized carbons (Fsp3) is 0.829. The lowest BCUT2D eigenvalue weighted by Crippen LogP contribution is -2.20. The number of ether oxygens (including phenoxy) is 3. The van der Waals surface area contributed by atoms with E-state index in [-0.39, 0.29) is 24.0 Å². The van der Waals surface area contributed by atoms with Crippen LogP contribution in [0.5, 0.6) is 0 Å². The highest BCUT2D eigenvalue weighted by molar-refractivity contribution is 5.70. The monoisotopic (exact) mass is 678 g/mol. The summed E-state index contributed by atoms with van der Waals surface area (Å²) in [7, 11) is 4.08. The van der Waals surface area contributed by atoms with Crippen LogP contribution in [0, 0.1) is 0 Å². The molecule has 0 spiro atoms. The number of rotatable bonds is 35. The molecule has 0 unspecified atom stereocenters. The molecule has 280 valence electrons. The summed E-state index contributed by atoms with van der Waals surface area (Å²) in [6, 6.07) is 0. The van der Waals surface area contributed by atoms with E-state index in [0.717, 1.165) is 90.0 Å². The second kappa shape index (κ2) is 36.1. The lowest BCUT2D eigenvalue weighted by atomic mass is 10.0. The van der Waals surface area contributed by atoms with Crippen molar-refractivity contribution in [3.05, 3.63) is 24.3 Å². The Morgan fingerprint density at radius 2 is 0.833 bits per heavy atom. The molecule has 0 atom stereocenters. The van der Waals surface area contributed by atoms with Crippen LogP contribution in [0.15, 0.2) is 24.3 Å². The summed E-state index contributed by atoms with van der Waals surface area (Å²) in [6.45, 7) is 5.55. The molecular formula is C41H75NO6. The largest absolute Gasteiger partial charge is 0.466 e. The fourth-order valence-electron chi connectivity index (χ4n) is 5.73. The van der Waals surface area contributed by atoms with Crippen LogP contribution < -0.4 is 0 Å². The van der Waals surface area contributed by atoms with E-state index in [9.17, 15) is 14.4 Å². The first-order chi connectivity index (χ1) is 23.4. The van der Waals surface area contributed by atoms with Crippen LogP contribution in [-0.4, -0.2) is 62.8 Å². The molecule has 48 heavy (non-hydrogen) atoms. The highest BCUT2D eigenvalue weighted by Crippen LogP contribution is 2.18. The molecule has 0 aliphatic rings. The minimum atomic E-state index is -0.0792. The van der Waals surface area contributed by atoms with Crippen LogP contribution in [0.2, 0.25) is 0 Å². The average molecular weight is 678 g/mol. The predicted molar refractivity (Wildman–Crippen MR) is 200 cm³/mol. The molecule has 0 rings (SSSR count). The Morgan fingerprint density at radius 1 is 0.479 bits per heavy atom. The zero-order valence-corrected chi connectivity index (χ0v) is 31.8. The van der Waals surface area contributed by atoms with Crippen molar-refractivity contribution in [3.8, 4) is 0 Å². The van der Waals surface area contributed by atoms with Gasteiger partial charge in [-0.25, -0.2) is 0 Å². The van der Waals surface area contributed by atoms with Gasteiger partial charge in [0.1, 0.15) is 6.10 Å². The van der Waals surface area contributed by atoms with Gasteiger partial charge in [0.2, 0.25) is 0 Å². The van der Waals surface area contributed by atoms with E-state index >= 15 is 0 Å². The Morgan fingerprint density at radius 3 is 1.23 bits per heavy atom. The molecular weight excluding hydrogens is 602 g/mol. The standard InChI is InChI=1S/C41H75NO6/c1-5-46-39(43)34-29-25-21-17-13-9-7-11-15-19-23-27-32-38(48-41(45)36-31-37-42(3)4)33-28-24-20-16-12-8-10-14-18-22-26-30-35-40(44)47-6-2/h13-14,17-18,38H,5-12,15-16,19-37H2,1-4H3/b17-13+,18-14+. The first-order valence-electron chi connectivity index (χ1n) is 19.8. The first kappa shape index (κ1) is 45.9. The molecule has 0 aromatic rings. The minimum Gasteiger partial charge on any atom is -0.466 e. The smallest absolute Gasteiger partial charge is 0.306 e. The number of carbonyl (C=O) groups excluding carboxylic acids is 3. The van der Waals surface area contributed by atoms with Crippen molar-refractivity contribution in [3.63, 3.8) is 0 Å². The fourth-order valence-corrected chi connectivity index (χ4v) is 5.73. The molecule has 0 N–H and O–H groups in total. The van der Waals surface area contributed by atoms with E-state index in [1.165, 1.54) is 64.2 Å². The molecule has 0 fully saturated rings. The molecule has 7 heteroatoms. The van der Waals surface area contributed by atoms with Gasteiger partial charge in [0.05, 0.1) is 13.2 Å². The molecule has 7 nitrogen and oxygen atoms in total. The molecule has 0 heterocycles. The van der Waals surface area contributed by atoms with Gasteiger partial charge in [0.25, 0.3) is 0 Å². The van der Waals surface area contributed by atoms with Crippen LogP contribution in [0.3, 0.4) is 0 Å². The Labute approximate surface area is 296 Å². The number of unbranched alkanes of at least 4 members (excludes halogenated alkanes) is 16. The molecule has 0 bridgehead atoms. The van der Waals surface area contributed by atoms with Gasteiger partial charge in [0.15, 0.2) is 0 Å². The number of hydrogen-bond acceptors (Lipinski definition) is 7. The van der Waals surface area contributed by atoms with Gasteiger partial charge in [-0.05, 0) is 131 Å². The van der Waals surface area contributed by atoms with E-state index in [0.29, 0.717) is 32.5 Å². The number of allylic oxidation sites excluding steroid dienone is 4. The van der Waals surface area contributed by atoms with Crippen molar-refractivity contribution in [2.24, 2.45) is 0 Å². The second-order valence-electron chi connectivity index (χ2n) is 13.5. The second-order valence-corrected chi connectivity index (χ2v) is 13.5. The van der Waals surface area contributed by atoms with Gasteiger partial charge < -0.3 is 19.1 Å². The van der Waals surface area contributed by atoms with Crippen molar-refractivity contribution in [2.75, 3.05) is 33.9 Å². The first-order valence-corrected chi connectivity index (χ1v) is 19.8. The molecule has 0 saturated heterocycles. The number of nitrogens with zero attached hydrogens (tertiary/aromatic N) is 1. The van der Waals surface area contributed by atoms with Gasteiger partial charge in [-0.2, -0.15) is 0 Å². The van der Waals surface area contributed by atoms with E-state index in [1.807, 2.05) is 27.9 Å². The van der Waals surface area contributed by atoms with Crippen LogP contribution >= 0.6 is 0 Å². The van der Waals surface area contributed by atoms with E-state index < -0.39 is 0 Å². The molecule has 0 aliphatic heterocycles. The van der Waals surface area contributed by atoms with Crippen molar-refractivity contribution in [1.29, 1.82) is 0 Å². The zero-order chi connectivity index (χ0) is 35.3. The van der Waals surface area contributed by atoms with Crippen LogP contribution in [-0.2, 0) is 28.6 Å². The van der Waals surface area contributed by atoms with Gasteiger partial charge >= 0.3 is 17.9 Å². The van der Waals surface area contributed by atoms with Crippen LogP contribution in [0.4, 0.5) is 0 Å². The number of esters is 3. The van der Waals surface area contributed by atoms with E-state index in [2.05, 4.69) is 29.2 Å². The quantitative estimate of drug-likeness (QED) is 0.0286. The minimum absolute atomic E-state index is 0.0269. The topological polar surface area (TPSA) is 82.1 Å². The average Bonchev–Trinajstić information content (AvgIpc) is 3.04. The van der Waals surface area contributed by atoms with Gasteiger partial charge in [-0.3, -0.25) is 14.4 Å². The lowest BCUT2D eigenvalue weighted by molar-refractivity contribution is -0.150. The summed E-state index contributed by atoms with van der Waals surface area (Å²) >= 11 is 0. The Kier molecular flexibility index (Phi) is 34.5. The third-order valence-electron chi connectivity index (χ3n) is 8.53. The zero-order valence-electron chi connectivity index (χ0n) is 31.8. The summed E-state index contributed by atoms with van der Waals surface area (Å²) < 4.78 is 15.9. The lowest BCUT2D eigenvalue weighted by Gasteiger charge is -2.18.